The first kappa shape index (κ1) is 8.79. The highest BCUT2D eigenvalue weighted by Gasteiger charge is 2.25. The van der Waals surface area contributed by atoms with Crippen molar-refractivity contribution in [2.45, 2.75) is 39.2 Å². The van der Waals surface area contributed by atoms with E-state index in [1.54, 1.807) is 0 Å². The minimum Gasteiger partial charge on any atom is -0.291 e. The van der Waals surface area contributed by atoms with Crippen LogP contribution in [0.2, 0.25) is 0 Å². The summed E-state index contributed by atoms with van der Waals surface area (Å²) in [6.07, 6.45) is 7.10. The van der Waals surface area contributed by atoms with Crippen molar-refractivity contribution < 1.29 is 0 Å². The van der Waals surface area contributed by atoms with Gasteiger partial charge in [-0.05, 0) is 20.3 Å². The molecule has 1 aliphatic rings. The molecule has 1 heterocycles. The quantitative estimate of drug-likeness (QED) is 0.563. The van der Waals surface area contributed by atoms with Crippen LogP contribution in [0, 0.1) is 0 Å². The van der Waals surface area contributed by atoms with Gasteiger partial charge in [-0.25, -0.2) is 0 Å². The Hall–Kier alpha value is -0.300. The molecule has 0 spiro atoms. The van der Waals surface area contributed by atoms with Crippen LogP contribution in [0.5, 0.6) is 0 Å². The summed E-state index contributed by atoms with van der Waals surface area (Å²) < 4.78 is 0. The lowest BCUT2D eigenvalue weighted by Crippen LogP contribution is -2.41. The summed E-state index contributed by atoms with van der Waals surface area (Å²) in [7, 11) is 0. The average Bonchev–Trinajstić information content (AvgIpc) is 2.37. The summed E-state index contributed by atoms with van der Waals surface area (Å²) in [5, 5.41) is 0. The molecular weight excluding hydrogens is 134 g/mol. The molecular formula is C10H19N. The van der Waals surface area contributed by atoms with Gasteiger partial charge in [-0.15, -0.1) is 0 Å². The van der Waals surface area contributed by atoms with Crippen LogP contribution in [0.3, 0.4) is 0 Å². The molecule has 0 atom stereocenters. The molecule has 0 aliphatic carbocycles. The van der Waals surface area contributed by atoms with Gasteiger partial charge in [-0.3, -0.25) is 4.90 Å². The van der Waals surface area contributed by atoms with Gasteiger partial charge < -0.3 is 0 Å². The van der Waals surface area contributed by atoms with Crippen molar-refractivity contribution in [3.63, 3.8) is 0 Å². The fraction of sp³-hybridized carbons (Fsp3) is 0.800. The van der Waals surface area contributed by atoms with Gasteiger partial charge in [0.1, 0.15) is 0 Å². The molecule has 0 N–H and O–H groups in total. The van der Waals surface area contributed by atoms with Crippen molar-refractivity contribution in [2.75, 3.05) is 13.1 Å². The third kappa shape index (κ3) is 2.06. The van der Waals surface area contributed by atoms with E-state index in [2.05, 4.69) is 37.8 Å². The Morgan fingerprint density at radius 1 is 1.27 bits per heavy atom. The molecule has 1 nitrogen and oxygen atoms in total. The largest absolute Gasteiger partial charge is 0.291 e. The summed E-state index contributed by atoms with van der Waals surface area (Å²) >= 11 is 0. The van der Waals surface area contributed by atoms with Crippen molar-refractivity contribution in [3.05, 3.63) is 12.2 Å². The molecule has 0 saturated heterocycles. The Labute approximate surface area is 70.1 Å². The molecule has 64 valence electrons. The maximum Gasteiger partial charge on any atom is 0.0172 e. The SMILES string of the molecule is CCCC(C)(C)N1CC=CC1. The van der Waals surface area contributed by atoms with Crippen molar-refractivity contribution >= 4 is 0 Å². The van der Waals surface area contributed by atoms with E-state index in [0.29, 0.717) is 5.54 Å². The maximum atomic E-state index is 2.52. The van der Waals surface area contributed by atoms with E-state index in [-0.39, 0.29) is 0 Å². The van der Waals surface area contributed by atoms with Crippen LogP contribution in [0.25, 0.3) is 0 Å². The molecule has 1 aliphatic heterocycles. The predicted molar refractivity (Wildman–Crippen MR) is 49.7 cm³/mol. The van der Waals surface area contributed by atoms with E-state index < -0.39 is 0 Å². The monoisotopic (exact) mass is 153 g/mol. The van der Waals surface area contributed by atoms with Crippen molar-refractivity contribution in [1.29, 1.82) is 0 Å². The molecule has 0 aromatic carbocycles. The molecule has 0 aromatic heterocycles. The Morgan fingerprint density at radius 2 is 1.82 bits per heavy atom. The van der Waals surface area contributed by atoms with E-state index >= 15 is 0 Å². The van der Waals surface area contributed by atoms with E-state index in [1.807, 2.05) is 0 Å². The average molecular weight is 153 g/mol. The lowest BCUT2D eigenvalue weighted by atomic mass is 9.97. The zero-order valence-corrected chi connectivity index (χ0v) is 7.93. The number of rotatable bonds is 3. The summed E-state index contributed by atoms with van der Waals surface area (Å²) in [5.74, 6) is 0. The molecule has 11 heavy (non-hydrogen) atoms. The molecule has 0 unspecified atom stereocenters. The molecule has 0 bridgehead atoms. The first-order chi connectivity index (χ1) is 5.17. The second-order valence-corrected chi connectivity index (χ2v) is 3.94. The lowest BCUT2D eigenvalue weighted by molar-refractivity contribution is 0.150. The molecule has 0 amide bonds. The Kier molecular flexibility index (Phi) is 2.72. The zero-order valence-electron chi connectivity index (χ0n) is 7.93. The van der Waals surface area contributed by atoms with Crippen LogP contribution in [0.15, 0.2) is 12.2 Å². The second kappa shape index (κ2) is 3.40. The van der Waals surface area contributed by atoms with Crippen molar-refractivity contribution in [1.82, 2.24) is 4.90 Å². The molecule has 0 saturated carbocycles. The van der Waals surface area contributed by atoms with Gasteiger partial charge in [-0.1, -0.05) is 25.5 Å². The van der Waals surface area contributed by atoms with Crippen LogP contribution in [-0.4, -0.2) is 23.5 Å². The highest BCUT2D eigenvalue weighted by atomic mass is 15.2. The first-order valence-corrected chi connectivity index (χ1v) is 4.57. The van der Waals surface area contributed by atoms with Gasteiger partial charge >= 0.3 is 0 Å². The predicted octanol–water partition coefficient (Wildman–Crippen LogP) is 2.44. The Bertz CT molecular complexity index is 139. The summed E-state index contributed by atoms with van der Waals surface area (Å²) in [6, 6.07) is 0. The standard InChI is InChI=1S/C10H19N/c1-4-7-10(2,3)11-8-5-6-9-11/h5-6H,4,7-9H2,1-3H3. The van der Waals surface area contributed by atoms with E-state index in [1.165, 1.54) is 12.8 Å². The highest BCUT2D eigenvalue weighted by Crippen LogP contribution is 2.22. The van der Waals surface area contributed by atoms with Crippen LogP contribution in [0.4, 0.5) is 0 Å². The third-order valence-corrected chi connectivity index (χ3v) is 2.54. The van der Waals surface area contributed by atoms with Crippen LogP contribution in [-0.2, 0) is 0 Å². The first-order valence-electron chi connectivity index (χ1n) is 4.57. The highest BCUT2D eigenvalue weighted by molar-refractivity contribution is 5.00. The van der Waals surface area contributed by atoms with Gasteiger partial charge in [0.15, 0.2) is 0 Å². The maximum absolute atomic E-state index is 2.52. The van der Waals surface area contributed by atoms with Crippen molar-refractivity contribution in [3.8, 4) is 0 Å². The Morgan fingerprint density at radius 3 is 2.27 bits per heavy atom. The molecule has 0 radical (unpaired) electrons. The zero-order chi connectivity index (χ0) is 8.32. The van der Waals surface area contributed by atoms with Gasteiger partial charge in [-0.2, -0.15) is 0 Å². The van der Waals surface area contributed by atoms with E-state index in [4.69, 9.17) is 0 Å². The van der Waals surface area contributed by atoms with Gasteiger partial charge in [0, 0.05) is 18.6 Å². The lowest BCUT2D eigenvalue weighted by Gasteiger charge is -2.35. The molecule has 0 aromatic rings. The van der Waals surface area contributed by atoms with Gasteiger partial charge in [0.05, 0.1) is 0 Å². The normalized spacial score (nSPS) is 19.5. The van der Waals surface area contributed by atoms with E-state index in [0.717, 1.165) is 13.1 Å². The fourth-order valence-electron chi connectivity index (χ4n) is 1.74. The van der Waals surface area contributed by atoms with Crippen molar-refractivity contribution in [2.24, 2.45) is 0 Å². The summed E-state index contributed by atoms with van der Waals surface area (Å²) in [5.41, 5.74) is 0.401. The van der Waals surface area contributed by atoms with Gasteiger partial charge in [0.25, 0.3) is 0 Å². The molecule has 1 rings (SSSR count). The minimum absolute atomic E-state index is 0.401. The molecule has 1 heteroatoms. The topological polar surface area (TPSA) is 3.24 Å². The van der Waals surface area contributed by atoms with Crippen LogP contribution >= 0.6 is 0 Å². The Balaban J connectivity index is 2.43. The number of hydrogen-bond donors (Lipinski definition) is 0. The van der Waals surface area contributed by atoms with Crippen LogP contribution < -0.4 is 0 Å². The van der Waals surface area contributed by atoms with Gasteiger partial charge in [0.2, 0.25) is 0 Å². The third-order valence-electron chi connectivity index (χ3n) is 2.54. The summed E-state index contributed by atoms with van der Waals surface area (Å²) in [4.78, 5) is 2.52. The second-order valence-electron chi connectivity index (χ2n) is 3.94. The fourth-order valence-corrected chi connectivity index (χ4v) is 1.74. The number of hydrogen-bond acceptors (Lipinski definition) is 1. The smallest absolute Gasteiger partial charge is 0.0172 e. The minimum atomic E-state index is 0.401. The number of nitrogens with zero attached hydrogens (tertiary/aromatic N) is 1. The molecule has 0 fully saturated rings. The summed E-state index contributed by atoms with van der Waals surface area (Å²) in [6.45, 7) is 9.22. The van der Waals surface area contributed by atoms with E-state index in [9.17, 15) is 0 Å². The van der Waals surface area contributed by atoms with Crippen LogP contribution in [0.1, 0.15) is 33.6 Å².